The number of hydrogen-bond acceptors (Lipinski definition) is 7. The normalized spacial score (nSPS) is 29.1. The van der Waals surface area contributed by atoms with Crippen LogP contribution >= 0.6 is 15.9 Å². The number of H-pyrrole nitrogens is 1. The van der Waals surface area contributed by atoms with E-state index in [4.69, 9.17) is 18.6 Å². The summed E-state index contributed by atoms with van der Waals surface area (Å²) in [6, 6.07) is 0. The van der Waals surface area contributed by atoms with E-state index in [1.165, 1.54) is 21.8 Å². The van der Waals surface area contributed by atoms with Gasteiger partial charge in [-0.2, -0.15) is 0 Å². The molecule has 2 N–H and O–H groups in total. The van der Waals surface area contributed by atoms with Gasteiger partial charge in [-0.15, -0.1) is 0 Å². The molecule has 0 bridgehead atoms. The van der Waals surface area contributed by atoms with Crippen molar-refractivity contribution in [2.45, 2.75) is 89.0 Å². The summed E-state index contributed by atoms with van der Waals surface area (Å²) >= 11 is 3.15. The van der Waals surface area contributed by atoms with Crippen LogP contribution in [0.15, 0.2) is 20.8 Å². The highest BCUT2D eigenvalue weighted by molar-refractivity contribution is 9.11. The number of rotatable bonds is 7. The monoisotopic (exact) mass is 546 g/mol. The van der Waals surface area contributed by atoms with E-state index in [1.54, 1.807) is 0 Å². The molecule has 0 radical (unpaired) electrons. The van der Waals surface area contributed by atoms with Crippen molar-refractivity contribution in [3.63, 3.8) is 0 Å². The molecular weight excluding hydrogens is 512 g/mol. The maximum atomic E-state index is 12.7. The Kier molecular flexibility index (Phi) is 8.58. The summed E-state index contributed by atoms with van der Waals surface area (Å²) < 4.78 is 25.5. The molecule has 1 aromatic heterocycles. The highest BCUT2D eigenvalue weighted by atomic mass is 79.9. The van der Waals surface area contributed by atoms with Crippen molar-refractivity contribution in [2.24, 2.45) is 0 Å². The van der Waals surface area contributed by atoms with Crippen LogP contribution in [0.25, 0.3) is 6.08 Å². The van der Waals surface area contributed by atoms with E-state index in [9.17, 15) is 14.7 Å². The van der Waals surface area contributed by atoms with Crippen molar-refractivity contribution in [1.82, 2.24) is 9.55 Å². The molecule has 0 aliphatic carbocycles. The van der Waals surface area contributed by atoms with Crippen LogP contribution < -0.4 is 11.2 Å². The summed E-state index contributed by atoms with van der Waals surface area (Å²) in [5.41, 5.74) is -0.900. The van der Waals surface area contributed by atoms with Gasteiger partial charge in [-0.3, -0.25) is 14.3 Å². The molecule has 2 aliphatic heterocycles. The Labute approximate surface area is 203 Å². The lowest BCUT2D eigenvalue weighted by Gasteiger charge is -2.37. The van der Waals surface area contributed by atoms with Gasteiger partial charge in [-0.05, 0) is 48.5 Å². The molecule has 3 rings (SSSR count). The van der Waals surface area contributed by atoms with Gasteiger partial charge in [-0.25, -0.2) is 4.79 Å². The lowest BCUT2D eigenvalue weighted by molar-refractivity contribution is -0.215. The summed E-state index contributed by atoms with van der Waals surface area (Å²) in [5.74, 6) is 0. The Morgan fingerprint density at radius 1 is 1.33 bits per heavy atom. The van der Waals surface area contributed by atoms with E-state index < -0.39 is 50.4 Å². The van der Waals surface area contributed by atoms with Crippen molar-refractivity contribution in [3.05, 3.63) is 37.6 Å². The van der Waals surface area contributed by atoms with Crippen LogP contribution in [0.4, 0.5) is 0 Å². The first kappa shape index (κ1) is 26.5. The molecule has 1 unspecified atom stereocenters. The molecule has 11 heteroatoms. The Hall–Kier alpha value is -1.08. The smallest absolute Gasteiger partial charge is 0.330 e. The molecule has 2 aliphatic rings. The Balaban J connectivity index is 1.90. The van der Waals surface area contributed by atoms with Crippen LogP contribution in [0.5, 0.6) is 0 Å². The molecule has 9 nitrogen and oxygen atoms in total. The number of aliphatic hydroxyl groups is 1. The third-order valence-electron chi connectivity index (χ3n) is 6.69. The molecule has 0 aromatic carbocycles. The van der Waals surface area contributed by atoms with Crippen LogP contribution in [0.1, 0.15) is 51.8 Å². The van der Waals surface area contributed by atoms with Crippen molar-refractivity contribution >= 4 is 30.3 Å². The van der Waals surface area contributed by atoms with Gasteiger partial charge in [0, 0.05) is 12.8 Å². The maximum Gasteiger partial charge on any atom is 0.330 e. The standard InChI is InChI=1S/C22H35BrN2O7Si/c1-22(2,3)33(4,5)30-13-15-17(26)18(32-16-8-6-7-11-29-16)20(31-15)25-12-14(9-10-23)19(27)24-21(25)28/h9-10,12,15-18,20,26H,6-8,11,13H2,1-5H3,(H,24,27,28)/b10-9+/t15-,16?,17-,18+,20-/m1/s1. The van der Waals surface area contributed by atoms with Crippen molar-refractivity contribution in [3.8, 4) is 0 Å². The predicted molar refractivity (Wildman–Crippen MR) is 131 cm³/mol. The summed E-state index contributed by atoms with van der Waals surface area (Å²) in [6.45, 7) is 11.4. The number of ether oxygens (including phenoxy) is 3. The van der Waals surface area contributed by atoms with Crippen LogP contribution in [-0.4, -0.2) is 60.8 Å². The van der Waals surface area contributed by atoms with Crippen LogP contribution in [0.2, 0.25) is 18.1 Å². The fourth-order valence-corrected chi connectivity index (χ4v) is 4.90. The predicted octanol–water partition coefficient (Wildman–Crippen LogP) is 3.09. The molecule has 33 heavy (non-hydrogen) atoms. The molecule has 3 heterocycles. The molecule has 2 saturated heterocycles. The third kappa shape index (κ3) is 6.13. The number of nitrogens with zero attached hydrogens (tertiary/aromatic N) is 1. The van der Waals surface area contributed by atoms with Crippen molar-refractivity contribution < 1.29 is 23.7 Å². The van der Waals surface area contributed by atoms with Gasteiger partial charge < -0.3 is 23.7 Å². The zero-order valence-electron chi connectivity index (χ0n) is 19.9. The van der Waals surface area contributed by atoms with E-state index >= 15 is 0 Å². The van der Waals surface area contributed by atoms with Crippen molar-refractivity contribution in [2.75, 3.05) is 13.2 Å². The minimum atomic E-state index is -2.09. The number of nitrogens with one attached hydrogen (secondary N) is 1. The number of hydrogen-bond donors (Lipinski definition) is 2. The summed E-state index contributed by atoms with van der Waals surface area (Å²) in [7, 11) is -2.09. The molecule has 5 atom stereocenters. The Morgan fingerprint density at radius 2 is 2.06 bits per heavy atom. The van der Waals surface area contributed by atoms with Crippen molar-refractivity contribution in [1.29, 1.82) is 0 Å². The molecule has 1 aromatic rings. The summed E-state index contributed by atoms with van der Waals surface area (Å²) in [6.07, 6.45) is 1.47. The molecule has 0 saturated carbocycles. The van der Waals surface area contributed by atoms with E-state index in [0.29, 0.717) is 13.0 Å². The summed E-state index contributed by atoms with van der Waals surface area (Å²) in [5, 5.41) is 11.1. The molecule has 0 spiro atoms. The van der Waals surface area contributed by atoms with E-state index in [-0.39, 0.29) is 17.2 Å². The Bertz CT molecular complexity index is 949. The van der Waals surface area contributed by atoms with E-state index in [1.807, 2.05) is 0 Å². The second-order valence-corrected chi connectivity index (χ2v) is 15.4. The minimum Gasteiger partial charge on any atom is -0.414 e. The first-order chi connectivity index (χ1) is 15.4. The minimum absolute atomic E-state index is 0.00539. The number of halogens is 1. The van der Waals surface area contributed by atoms with Crippen LogP contribution in [-0.2, 0) is 18.6 Å². The SMILES string of the molecule is CC(C)(C)[Si](C)(C)OC[C@H]1O[C@@H](n2cc(/C=C/Br)c(=O)[nH]c2=O)[C@@H](OC2CCCCO2)[C@@H]1O. The zero-order valence-corrected chi connectivity index (χ0v) is 22.5. The van der Waals surface area contributed by atoms with Gasteiger partial charge in [0.25, 0.3) is 5.56 Å². The highest BCUT2D eigenvalue weighted by Crippen LogP contribution is 2.38. The summed E-state index contributed by atoms with van der Waals surface area (Å²) in [4.78, 5) is 28.6. The number of aromatic nitrogens is 2. The number of aromatic amines is 1. The molecule has 186 valence electrons. The zero-order chi connectivity index (χ0) is 24.4. The second kappa shape index (κ2) is 10.7. The van der Waals surface area contributed by atoms with Gasteiger partial charge in [0.2, 0.25) is 0 Å². The maximum absolute atomic E-state index is 12.7. The van der Waals surface area contributed by atoms with Gasteiger partial charge in [-0.1, -0.05) is 36.7 Å². The van der Waals surface area contributed by atoms with Crippen LogP contribution in [0, 0.1) is 0 Å². The average Bonchev–Trinajstić information content (AvgIpc) is 3.04. The van der Waals surface area contributed by atoms with Gasteiger partial charge in [0.1, 0.15) is 18.3 Å². The van der Waals surface area contributed by atoms with Gasteiger partial charge >= 0.3 is 5.69 Å². The third-order valence-corrected chi connectivity index (χ3v) is 11.5. The fraction of sp³-hybridized carbons (Fsp3) is 0.727. The molecular formula is C22H35BrN2O7Si. The fourth-order valence-electron chi connectivity index (χ4n) is 3.60. The molecule has 0 amide bonds. The van der Waals surface area contributed by atoms with E-state index in [2.05, 4.69) is 54.8 Å². The lowest BCUT2D eigenvalue weighted by Crippen LogP contribution is -2.45. The van der Waals surface area contributed by atoms with Gasteiger partial charge in [0.05, 0.1) is 12.2 Å². The Morgan fingerprint density at radius 3 is 2.67 bits per heavy atom. The largest absolute Gasteiger partial charge is 0.414 e. The van der Waals surface area contributed by atoms with Gasteiger partial charge in [0.15, 0.2) is 20.8 Å². The van der Waals surface area contributed by atoms with Crippen LogP contribution in [0.3, 0.4) is 0 Å². The topological polar surface area (TPSA) is 112 Å². The average molecular weight is 548 g/mol. The lowest BCUT2D eigenvalue weighted by atomic mass is 10.1. The highest BCUT2D eigenvalue weighted by Gasteiger charge is 2.48. The second-order valence-electron chi connectivity index (χ2n) is 10.1. The number of aliphatic hydroxyl groups excluding tert-OH is 1. The quantitative estimate of drug-likeness (QED) is 0.505. The first-order valence-electron chi connectivity index (χ1n) is 11.3. The molecule has 2 fully saturated rings. The van der Waals surface area contributed by atoms with E-state index in [0.717, 1.165) is 12.8 Å². The first-order valence-corrected chi connectivity index (χ1v) is 15.1.